The third-order valence-electron chi connectivity index (χ3n) is 4.70. The van der Waals surface area contributed by atoms with Gasteiger partial charge in [-0.1, -0.05) is 24.3 Å². The lowest BCUT2D eigenvalue weighted by Gasteiger charge is -2.04. The van der Waals surface area contributed by atoms with Gasteiger partial charge in [-0.3, -0.25) is 29.8 Å². The molecule has 0 aliphatic carbocycles. The van der Waals surface area contributed by atoms with E-state index in [2.05, 4.69) is 21.1 Å². The highest BCUT2D eigenvalue weighted by Gasteiger charge is 2.09. The molecule has 2 amide bonds. The molecule has 0 radical (unpaired) electrons. The Morgan fingerprint density at radius 3 is 1.50 bits per heavy atom. The molecule has 0 saturated heterocycles. The molecule has 12 heteroatoms. The maximum atomic E-state index is 11.9. The summed E-state index contributed by atoms with van der Waals surface area (Å²) in [4.78, 5) is 44.6. The van der Waals surface area contributed by atoms with Crippen LogP contribution in [0.15, 0.2) is 58.7 Å². The van der Waals surface area contributed by atoms with E-state index in [0.717, 1.165) is 0 Å². The number of carbonyl (C=O) groups is 2. The van der Waals surface area contributed by atoms with Crippen molar-refractivity contribution >= 4 is 34.6 Å². The number of hydrazone groups is 2. The highest BCUT2D eigenvalue weighted by Crippen LogP contribution is 2.14. The van der Waals surface area contributed by atoms with Gasteiger partial charge >= 0.3 is 0 Å². The Labute approximate surface area is 195 Å². The van der Waals surface area contributed by atoms with E-state index >= 15 is 0 Å². The molecular formula is C22H24N6O6. The number of nitro groups is 2. The zero-order valence-corrected chi connectivity index (χ0v) is 18.7. The van der Waals surface area contributed by atoms with Crippen LogP contribution in [-0.4, -0.2) is 33.1 Å². The van der Waals surface area contributed by atoms with Crippen LogP contribution in [0.2, 0.25) is 0 Å². The van der Waals surface area contributed by atoms with E-state index < -0.39 is 9.85 Å². The second-order valence-corrected chi connectivity index (χ2v) is 7.29. The summed E-state index contributed by atoms with van der Waals surface area (Å²) in [5, 5.41) is 29.6. The fourth-order valence-corrected chi connectivity index (χ4v) is 2.79. The highest BCUT2D eigenvalue weighted by molar-refractivity contribution is 6.00. The first kappa shape index (κ1) is 25.8. The molecule has 0 atom stereocenters. The molecule has 2 aromatic rings. The number of non-ortho nitro benzene ring substituents is 2. The van der Waals surface area contributed by atoms with Crippen molar-refractivity contribution in [2.45, 2.75) is 39.5 Å². The molecule has 0 fully saturated rings. The van der Waals surface area contributed by atoms with Gasteiger partial charge in [0, 0.05) is 48.2 Å². The second kappa shape index (κ2) is 12.5. The molecule has 178 valence electrons. The summed E-state index contributed by atoms with van der Waals surface area (Å²) in [5.41, 5.74) is 6.55. The normalized spacial score (nSPS) is 11.6. The number of amides is 2. The number of unbranched alkanes of at least 4 members (excludes halogenated alkanes) is 1. The van der Waals surface area contributed by atoms with Gasteiger partial charge in [-0.05, 0) is 26.7 Å². The van der Waals surface area contributed by atoms with Crippen LogP contribution < -0.4 is 10.9 Å². The van der Waals surface area contributed by atoms with Gasteiger partial charge in [0.1, 0.15) is 0 Å². The fourth-order valence-electron chi connectivity index (χ4n) is 2.79. The van der Waals surface area contributed by atoms with Crippen LogP contribution in [0.4, 0.5) is 11.4 Å². The van der Waals surface area contributed by atoms with Gasteiger partial charge < -0.3 is 0 Å². The number of benzene rings is 2. The minimum absolute atomic E-state index is 0.0683. The fraction of sp³-hybridized carbons (Fsp3) is 0.273. The first-order valence-corrected chi connectivity index (χ1v) is 10.3. The van der Waals surface area contributed by atoms with Crippen molar-refractivity contribution in [3.63, 3.8) is 0 Å². The molecule has 2 N–H and O–H groups in total. The van der Waals surface area contributed by atoms with E-state index in [0.29, 0.717) is 35.4 Å². The van der Waals surface area contributed by atoms with Crippen molar-refractivity contribution < 1.29 is 19.4 Å². The van der Waals surface area contributed by atoms with Gasteiger partial charge in [0.05, 0.1) is 21.3 Å². The van der Waals surface area contributed by atoms with Gasteiger partial charge in [0.2, 0.25) is 11.8 Å². The first-order chi connectivity index (χ1) is 16.2. The smallest absolute Gasteiger partial charge is 0.270 e. The van der Waals surface area contributed by atoms with Crippen LogP contribution in [0.3, 0.4) is 0 Å². The van der Waals surface area contributed by atoms with E-state index in [4.69, 9.17) is 0 Å². The minimum Gasteiger partial charge on any atom is -0.273 e. The molecule has 12 nitrogen and oxygen atoms in total. The number of rotatable bonds is 11. The molecule has 0 saturated carbocycles. The molecule has 0 aromatic heterocycles. The standard InChI is InChI=1S/C22H24N6O6/c1-15(17-7-5-9-19(13-17)27(31)32)23-25-21(29)11-3-4-12-22(30)26-24-16(2)18-8-6-10-20(14-18)28(33)34/h5-10,13-14H,3-4,11-12H2,1-2H3,(H,25,29)(H,26,30). The number of hydrogen-bond donors (Lipinski definition) is 2. The van der Waals surface area contributed by atoms with Crippen molar-refractivity contribution in [1.82, 2.24) is 10.9 Å². The van der Waals surface area contributed by atoms with Crippen LogP contribution in [0.25, 0.3) is 0 Å². The molecular weight excluding hydrogens is 444 g/mol. The summed E-state index contributed by atoms with van der Waals surface area (Å²) in [6.07, 6.45) is 1.18. The van der Waals surface area contributed by atoms with Crippen LogP contribution in [0.1, 0.15) is 50.7 Å². The van der Waals surface area contributed by atoms with E-state index in [9.17, 15) is 29.8 Å². The Kier molecular flexibility index (Phi) is 9.50. The topological polar surface area (TPSA) is 169 Å². The largest absolute Gasteiger partial charge is 0.273 e. The Balaban J connectivity index is 1.73. The predicted octanol–water partition coefficient (Wildman–Crippen LogP) is 3.44. The second-order valence-electron chi connectivity index (χ2n) is 7.29. The monoisotopic (exact) mass is 468 g/mol. The Morgan fingerprint density at radius 1 is 0.765 bits per heavy atom. The van der Waals surface area contributed by atoms with Gasteiger partial charge in [-0.25, -0.2) is 10.9 Å². The van der Waals surface area contributed by atoms with Gasteiger partial charge in [-0.15, -0.1) is 0 Å². The van der Waals surface area contributed by atoms with Crippen molar-refractivity contribution in [1.29, 1.82) is 0 Å². The van der Waals surface area contributed by atoms with E-state index in [1.165, 1.54) is 36.4 Å². The lowest BCUT2D eigenvalue weighted by molar-refractivity contribution is -0.385. The van der Waals surface area contributed by atoms with E-state index in [1.807, 2.05) is 0 Å². The first-order valence-electron chi connectivity index (χ1n) is 10.3. The summed E-state index contributed by atoms with van der Waals surface area (Å²) in [6, 6.07) is 11.8. The van der Waals surface area contributed by atoms with Crippen molar-refractivity contribution in [2.75, 3.05) is 0 Å². The molecule has 34 heavy (non-hydrogen) atoms. The van der Waals surface area contributed by atoms with Crippen LogP contribution in [0.5, 0.6) is 0 Å². The Morgan fingerprint density at radius 2 is 1.15 bits per heavy atom. The molecule has 2 rings (SSSR count). The maximum absolute atomic E-state index is 11.9. The molecule has 0 spiro atoms. The van der Waals surface area contributed by atoms with E-state index in [-0.39, 0.29) is 36.0 Å². The average molecular weight is 468 g/mol. The van der Waals surface area contributed by atoms with Gasteiger partial charge in [-0.2, -0.15) is 10.2 Å². The Bertz CT molecular complexity index is 1050. The third-order valence-corrected chi connectivity index (χ3v) is 4.70. The molecule has 0 unspecified atom stereocenters. The molecule has 0 aliphatic heterocycles. The molecule has 2 aromatic carbocycles. The van der Waals surface area contributed by atoms with Gasteiger partial charge in [0.25, 0.3) is 11.4 Å². The summed E-state index contributed by atoms with van der Waals surface area (Å²) in [5.74, 6) is -0.686. The van der Waals surface area contributed by atoms with Crippen LogP contribution in [0, 0.1) is 20.2 Å². The quantitative estimate of drug-likeness (QED) is 0.221. The number of carbonyl (C=O) groups excluding carboxylic acids is 2. The molecule has 0 bridgehead atoms. The zero-order chi connectivity index (χ0) is 25.1. The predicted molar refractivity (Wildman–Crippen MR) is 125 cm³/mol. The van der Waals surface area contributed by atoms with Crippen LogP contribution >= 0.6 is 0 Å². The van der Waals surface area contributed by atoms with E-state index in [1.54, 1.807) is 26.0 Å². The summed E-state index contributed by atoms with van der Waals surface area (Å²) < 4.78 is 0. The van der Waals surface area contributed by atoms with Crippen molar-refractivity contribution in [3.8, 4) is 0 Å². The molecule has 0 aliphatic rings. The third kappa shape index (κ3) is 8.22. The number of hydrogen-bond acceptors (Lipinski definition) is 8. The maximum Gasteiger partial charge on any atom is 0.270 e. The van der Waals surface area contributed by atoms with Crippen LogP contribution in [-0.2, 0) is 9.59 Å². The number of nitrogens with zero attached hydrogens (tertiary/aromatic N) is 4. The van der Waals surface area contributed by atoms with Crippen molar-refractivity contribution in [3.05, 3.63) is 79.9 Å². The number of nitrogens with one attached hydrogen (secondary N) is 2. The SMILES string of the molecule is CC(=NNC(=O)CCCCC(=O)NN=C(C)c1cccc([N+](=O)[O-])c1)c1cccc([N+](=O)[O-])c1. The Hall–Kier alpha value is -4.48. The highest BCUT2D eigenvalue weighted by atomic mass is 16.6. The lowest BCUT2D eigenvalue weighted by Crippen LogP contribution is -2.20. The molecule has 0 heterocycles. The summed E-state index contributed by atoms with van der Waals surface area (Å²) >= 11 is 0. The average Bonchev–Trinajstić information content (AvgIpc) is 2.83. The van der Waals surface area contributed by atoms with Gasteiger partial charge in [0.15, 0.2) is 0 Å². The summed E-state index contributed by atoms with van der Waals surface area (Å²) in [7, 11) is 0. The minimum atomic E-state index is -0.508. The summed E-state index contributed by atoms with van der Waals surface area (Å²) in [6.45, 7) is 3.25. The van der Waals surface area contributed by atoms with Crippen molar-refractivity contribution in [2.24, 2.45) is 10.2 Å². The lowest BCUT2D eigenvalue weighted by atomic mass is 10.1. The zero-order valence-electron chi connectivity index (χ0n) is 18.7. The number of nitro benzene ring substituents is 2.